The third-order valence-corrected chi connectivity index (χ3v) is 9.75. The van der Waals surface area contributed by atoms with E-state index in [0.717, 1.165) is 40.6 Å². The van der Waals surface area contributed by atoms with Crippen LogP contribution in [-0.2, 0) is 9.47 Å². The fourth-order valence-corrected chi connectivity index (χ4v) is 6.66. The molecule has 2 fully saturated rings. The summed E-state index contributed by atoms with van der Waals surface area (Å²) in [5.74, 6) is 1.85. The van der Waals surface area contributed by atoms with Crippen molar-refractivity contribution in [3.05, 3.63) is 126 Å². The maximum Gasteiger partial charge on any atom is 0.324 e. The van der Waals surface area contributed by atoms with Crippen LogP contribution in [0, 0.1) is 6.92 Å². The number of anilines is 3. The number of nitrogens with one attached hydrogen (secondary N) is 4. The molecule has 0 radical (unpaired) electrons. The number of benzene rings is 4. The predicted molar refractivity (Wildman–Crippen MR) is 213 cm³/mol. The number of aryl methyl sites for hydroxylation is 1. The Kier molecular flexibility index (Phi) is 10.8. The summed E-state index contributed by atoms with van der Waals surface area (Å²) < 4.78 is 19.4. The molecule has 2 atom stereocenters. The number of hydrogen-bond donors (Lipinski definition) is 4. The summed E-state index contributed by atoms with van der Waals surface area (Å²) in [6.45, 7) is 4.03. The van der Waals surface area contributed by atoms with Crippen molar-refractivity contribution in [1.29, 1.82) is 0 Å². The number of nitrogens with zero attached hydrogens (tertiary/aromatic N) is 5. The fraction of sp³-hybridized carbons (Fsp3) is 0.262. The SMILES string of the molecule is COC1COCCN1CC(NC(=O)c1ccccc1)Nc1nccc(Oc2ccc(NC(=O)Nc3cc(C4CC4)nn3-c3ccc(C)cc3)c3ccccc23)n1. The van der Waals surface area contributed by atoms with Crippen molar-refractivity contribution in [2.75, 3.05) is 49.4 Å². The number of fused-ring (bicyclic) bond motifs is 1. The second kappa shape index (κ2) is 16.6. The van der Waals surface area contributed by atoms with E-state index in [2.05, 4.69) is 36.1 Å². The Morgan fingerprint density at radius 2 is 1.71 bits per heavy atom. The van der Waals surface area contributed by atoms with Gasteiger partial charge in [-0.15, -0.1) is 0 Å². The van der Waals surface area contributed by atoms with E-state index in [1.807, 2.05) is 79.7 Å². The lowest BCUT2D eigenvalue weighted by atomic mass is 10.1. The van der Waals surface area contributed by atoms with Gasteiger partial charge >= 0.3 is 6.03 Å². The molecule has 1 saturated carbocycles. The molecular weight excluding hydrogens is 711 g/mol. The monoisotopic (exact) mass is 753 g/mol. The molecule has 4 N–H and O–H groups in total. The number of ether oxygens (including phenoxy) is 3. The van der Waals surface area contributed by atoms with Gasteiger partial charge in [-0.1, -0.05) is 60.2 Å². The third kappa shape index (κ3) is 8.62. The van der Waals surface area contributed by atoms with Crippen LogP contribution in [0.2, 0.25) is 0 Å². The Bertz CT molecular complexity index is 2310. The zero-order chi connectivity index (χ0) is 38.4. The van der Waals surface area contributed by atoms with Crippen LogP contribution in [0.25, 0.3) is 16.5 Å². The average molecular weight is 754 g/mol. The molecule has 3 heterocycles. The zero-order valence-electron chi connectivity index (χ0n) is 31.1. The van der Waals surface area contributed by atoms with Gasteiger partial charge in [0.15, 0.2) is 0 Å². The molecule has 1 aliphatic heterocycles. The highest BCUT2D eigenvalue weighted by Gasteiger charge is 2.29. The Balaban J connectivity index is 0.988. The second-order valence-corrected chi connectivity index (χ2v) is 13.8. The Hall–Kier alpha value is -6.35. The number of carbonyl (C=O) groups is 2. The smallest absolute Gasteiger partial charge is 0.324 e. The van der Waals surface area contributed by atoms with Crippen LogP contribution in [0.15, 0.2) is 109 Å². The lowest BCUT2D eigenvalue weighted by molar-refractivity contribution is -0.125. The highest BCUT2D eigenvalue weighted by Crippen LogP contribution is 2.41. The van der Waals surface area contributed by atoms with Gasteiger partial charge in [0.25, 0.3) is 5.91 Å². The summed E-state index contributed by atoms with van der Waals surface area (Å²) in [6, 6.07) is 31.5. The minimum Gasteiger partial charge on any atom is -0.438 e. The molecular formula is C42H43N9O5. The van der Waals surface area contributed by atoms with Crippen molar-refractivity contribution in [2.24, 2.45) is 0 Å². The number of carbonyl (C=O) groups excluding carboxylic acids is 2. The Morgan fingerprint density at radius 1 is 0.929 bits per heavy atom. The van der Waals surface area contributed by atoms with Crippen molar-refractivity contribution < 1.29 is 23.8 Å². The van der Waals surface area contributed by atoms with E-state index in [9.17, 15) is 9.59 Å². The highest BCUT2D eigenvalue weighted by atomic mass is 16.5. The molecule has 286 valence electrons. The highest BCUT2D eigenvalue weighted by molar-refractivity contribution is 6.07. The van der Waals surface area contributed by atoms with Crippen molar-refractivity contribution in [2.45, 2.75) is 38.1 Å². The van der Waals surface area contributed by atoms with Gasteiger partial charge in [0.2, 0.25) is 11.8 Å². The first-order valence-corrected chi connectivity index (χ1v) is 18.6. The summed E-state index contributed by atoms with van der Waals surface area (Å²) in [6.07, 6.45) is 2.94. The molecule has 2 aromatic heterocycles. The number of rotatable bonds is 13. The molecule has 2 unspecified atom stereocenters. The summed E-state index contributed by atoms with van der Waals surface area (Å²) in [5.41, 5.74) is 4.12. The Morgan fingerprint density at radius 3 is 2.50 bits per heavy atom. The van der Waals surface area contributed by atoms with E-state index in [1.165, 1.54) is 0 Å². The van der Waals surface area contributed by atoms with Crippen LogP contribution in [-0.4, -0.2) is 82.4 Å². The van der Waals surface area contributed by atoms with Crippen molar-refractivity contribution >= 4 is 40.2 Å². The van der Waals surface area contributed by atoms with Gasteiger partial charge in [-0.25, -0.2) is 14.5 Å². The normalized spacial score (nSPS) is 16.2. The predicted octanol–water partition coefficient (Wildman–Crippen LogP) is 6.91. The van der Waals surface area contributed by atoms with Crippen LogP contribution in [0.1, 0.15) is 40.4 Å². The minimum atomic E-state index is -0.582. The number of methoxy groups -OCH3 is 1. The molecule has 6 aromatic rings. The summed E-state index contributed by atoms with van der Waals surface area (Å²) in [5, 5.41) is 18.8. The van der Waals surface area contributed by atoms with Crippen LogP contribution in [0.4, 0.5) is 22.2 Å². The van der Waals surface area contributed by atoms with E-state index in [0.29, 0.717) is 55.0 Å². The van der Waals surface area contributed by atoms with Gasteiger partial charge < -0.3 is 30.2 Å². The molecule has 2 aliphatic rings. The first kappa shape index (κ1) is 36.6. The van der Waals surface area contributed by atoms with Crippen LogP contribution >= 0.6 is 0 Å². The number of hydrogen-bond acceptors (Lipinski definition) is 10. The van der Waals surface area contributed by atoms with Crippen molar-refractivity contribution in [1.82, 2.24) is 30.0 Å². The maximum atomic E-state index is 13.5. The molecule has 1 saturated heterocycles. The molecule has 8 rings (SSSR count). The summed E-state index contributed by atoms with van der Waals surface area (Å²) >= 11 is 0. The first-order chi connectivity index (χ1) is 27.4. The maximum absolute atomic E-state index is 13.5. The van der Waals surface area contributed by atoms with E-state index in [1.54, 1.807) is 48.3 Å². The topological polar surface area (TPSA) is 157 Å². The van der Waals surface area contributed by atoms with E-state index >= 15 is 0 Å². The van der Waals surface area contributed by atoms with Crippen molar-refractivity contribution in [3.63, 3.8) is 0 Å². The van der Waals surface area contributed by atoms with Crippen LogP contribution in [0.5, 0.6) is 11.6 Å². The standard InChI is InChI=1S/C42H43N9O5/c1-27-12-16-30(17-13-27)51-37(24-34(49-51)28-14-15-28)47-42(53)44-33-18-19-35(32-11-7-6-10-31(32)33)56-38-20-21-43-41(48-38)46-36(25-50-22-23-55-26-39(50)54-2)45-40(52)29-8-4-3-5-9-29/h3-13,16-21,24,28,36,39H,14-15,22-23,25-26H2,1-2H3,(H,45,52)(H,43,46,48)(H2,44,47,53). The summed E-state index contributed by atoms with van der Waals surface area (Å²) in [7, 11) is 1.64. The number of amides is 3. The molecule has 14 heteroatoms. The number of morpholine rings is 1. The minimum absolute atomic E-state index is 0.244. The quantitative estimate of drug-likeness (QED) is 0.0915. The van der Waals surface area contributed by atoms with Gasteiger partial charge in [0.1, 0.15) is 24.0 Å². The van der Waals surface area contributed by atoms with Gasteiger partial charge in [0, 0.05) is 60.8 Å². The largest absolute Gasteiger partial charge is 0.438 e. The molecule has 4 aromatic carbocycles. The zero-order valence-corrected chi connectivity index (χ0v) is 31.1. The van der Waals surface area contributed by atoms with Gasteiger partial charge in [-0.05, 0) is 56.2 Å². The van der Waals surface area contributed by atoms with E-state index in [4.69, 9.17) is 19.3 Å². The average Bonchev–Trinajstić information content (AvgIpc) is 3.99. The molecule has 3 amide bonds. The van der Waals surface area contributed by atoms with Gasteiger partial charge in [-0.3, -0.25) is 15.0 Å². The van der Waals surface area contributed by atoms with E-state index < -0.39 is 12.2 Å². The molecule has 56 heavy (non-hydrogen) atoms. The van der Waals surface area contributed by atoms with Crippen LogP contribution < -0.4 is 26.0 Å². The summed E-state index contributed by atoms with van der Waals surface area (Å²) in [4.78, 5) is 37.9. The Labute approximate surface area is 324 Å². The van der Waals surface area contributed by atoms with Crippen LogP contribution in [0.3, 0.4) is 0 Å². The second-order valence-electron chi connectivity index (χ2n) is 13.8. The van der Waals surface area contributed by atoms with Gasteiger partial charge in [-0.2, -0.15) is 10.1 Å². The number of aromatic nitrogens is 4. The van der Waals surface area contributed by atoms with Gasteiger partial charge in [0.05, 0.1) is 30.3 Å². The third-order valence-electron chi connectivity index (χ3n) is 9.75. The molecule has 14 nitrogen and oxygen atoms in total. The molecule has 0 spiro atoms. The molecule has 0 bridgehead atoms. The lowest BCUT2D eigenvalue weighted by Crippen LogP contribution is -2.55. The van der Waals surface area contributed by atoms with Crippen molar-refractivity contribution in [3.8, 4) is 17.3 Å². The molecule has 1 aliphatic carbocycles. The lowest BCUT2D eigenvalue weighted by Gasteiger charge is -2.36. The fourth-order valence-electron chi connectivity index (χ4n) is 6.66. The number of urea groups is 1. The van der Waals surface area contributed by atoms with E-state index in [-0.39, 0.29) is 24.0 Å². The first-order valence-electron chi connectivity index (χ1n) is 18.6.